The fourth-order valence-corrected chi connectivity index (χ4v) is 1.55. The number of H-pyrrole nitrogens is 1. The minimum absolute atomic E-state index is 0.245. The molecule has 3 nitrogen and oxygen atoms in total. The Balaban J connectivity index is 2.61. The van der Waals surface area contributed by atoms with Gasteiger partial charge in [0.25, 0.3) is 0 Å². The number of nitrogens with two attached hydrogens (primary N) is 2. The normalized spacial score (nSPS) is 13.4. The van der Waals surface area contributed by atoms with Crippen LogP contribution < -0.4 is 11.5 Å². The highest BCUT2D eigenvalue weighted by Gasteiger charge is 2.10. The minimum Gasteiger partial charge on any atom is -0.361 e. The van der Waals surface area contributed by atoms with E-state index in [1.54, 1.807) is 12.3 Å². The minimum atomic E-state index is -0.262. The van der Waals surface area contributed by atoms with E-state index in [4.69, 9.17) is 11.5 Å². The molecule has 0 aliphatic heterocycles. The van der Waals surface area contributed by atoms with Crippen LogP contribution in [-0.2, 0) is 0 Å². The van der Waals surface area contributed by atoms with Crippen molar-refractivity contribution >= 4 is 10.9 Å². The number of fused-ring (bicyclic) bond motifs is 1. The Bertz CT molecular complexity index is 450. The summed E-state index contributed by atoms with van der Waals surface area (Å²) in [6.07, 6.45) is 1.78. The Kier molecular flexibility index (Phi) is 2.23. The molecule has 0 saturated heterocycles. The highest BCUT2D eigenvalue weighted by atomic mass is 19.1. The summed E-state index contributed by atoms with van der Waals surface area (Å²) in [5.74, 6) is -0.262. The second kappa shape index (κ2) is 3.40. The zero-order valence-electron chi connectivity index (χ0n) is 7.63. The molecule has 0 radical (unpaired) electrons. The molecule has 0 unspecified atom stereocenters. The fraction of sp³-hybridized carbons (Fsp3) is 0.200. The zero-order chi connectivity index (χ0) is 10.1. The Morgan fingerprint density at radius 3 is 2.93 bits per heavy atom. The zero-order valence-corrected chi connectivity index (χ0v) is 7.63. The smallest absolute Gasteiger partial charge is 0.123 e. The van der Waals surface area contributed by atoms with Gasteiger partial charge < -0.3 is 16.5 Å². The van der Waals surface area contributed by atoms with E-state index < -0.39 is 0 Å². The third-order valence-corrected chi connectivity index (χ3v) is 2.33. The number of nitrogens with one attached hydrogen (secondary N) is 1. The lowest BCUT2D eigenvalue weighted by molar-refractivity contribution is 0.629. The number of aromatic amines is 1. The Morgan fingerprint density at radius 1 is 1.43 bits per heavy atom. The van der Waals surface area contributed by atoms with Crippen molar-refractivity contribution in [1.29, 1.82) is 0 Å². The van der Waals surface area contributed by atoms with Gasteiger partial charge in [0.15, 0.2) is 0 Å². The number of rotatable bonds is 2. The van der Waals surface area contributed by atoms with E-state index in [0.717, 1.165) is 16.5 Å². The fourth-order valence-electron chi connectivity index (χ4n) is 1.55. The molecule has 1 aromatic heterocycles. The molecule has 0 aliphatic carbocycles. The second-order valence-electron chi connectivity index (χ2n) is 3.28. The molecule has 14 heavy (non-hydrogen) atoms. The van der Waals surface area contributed by atoms with Gasteiger partial charge >= 0.3 is 0 Å². The van der Waals surface area contributed by atoms with Gasteiger partial charge in [-0.25, -0.2) is 4.39 Å². The molecule has 1 heterocycles. The molecule has 0 saturated carbocycles. The summed E-state index contributed by atoms with van der Waals surface area (Å²) in [5, 5.41) is 0.808. The summed E-state index contributed by atoms with van der Waals surface area (Å²) in [6, 6.07) is 4.33. The molecule has 5 N–H and O–H groups in total. The van der Waals surface area contributed by atoms with Crippen LogP contribution in [0.4, 0.5) is 4.39 Å². The average Bonchev–Trinajstić information content (AvgIpc) is 2.59. The predicted molar refractivity (Wildman–Crippen MR) is 54.2 cm³/mol. The van der Waals surface area contributed by atoms with Gasteiger partial charge in [-0.1, -0.05) is 0 Å². The Labute approximate surface area is 80.9 Å². The highest BCUT2D eigenvalue weighted by molar-refractivity contribution is 5.83. The van der Waals surface area contributed by atoms with Crippen LogP contribution in [0.5, 0.6) is 0 Å². The summed E-state index contributed by atoms with van der Waals surface area (Å²) in [5.41, 5.74) is 13.0. The van der Waals surface area contributed by atoms with Crippen molar-refractivity contribution in [2.24, 2.45) is 11.5 Å². The van der Waals surface area contributed by atoms with Crippen molar-refractivity contribution in [2.45, 2.75) is 6.04 Å². The molecule has 1 aromatic carbocycles. The number of hydrogen-bond donors (Lipinski definition) is 3. The summed E-state index contributed by atoms with van der Waals surface area (Å²) in [6.45, 7) is 0.351. The maximum atomic E-state index is 13.0. The van der Waals surface area contributed by atoms with Crippen LogP contribution in [0.3, 0.4) is 0 Å². The van der Waals surface area contributed by atoms with Crippen molar-refractivity contribution in [3.8, 4) is 0 Å². The van der Waals surface area contributed by atoms with Crippen molar-refractivity contribution in [1.82, 2.24) is 4.98 Å². The summed E-state index contributed by atoms with van der Waals surface area (Å²) < 4.78 is 13.0. The standard InChI is InChI=1S/C10H12FN3/c11-6-1-2-10-7(3-6)8(5-14-10)9(13)4-12/h1-3,5,9,14H,4,12-13H2/t9-/m0/s1. The second-order valence-corrected chi connectivity index (χ2v) is 3.28. The van der Waals surface area contributed by atoms with Gasteiger partial charge in [0.05, 0.1) is 0 Å². The third kappa shape index (κ3) is 1.38. The maximum absolute atomic E-state index is 13.0. The first-order valence-electron chi connectivity index (χ1n) is 4.44. The van der Waals surface area contributed by atoms with E-state index in [1.807, 2.05) is 0 Å². The van der Waals surface area contributed by atoms with Crippen molar-refractivity contribution in [3.63, 3.8) is 0 Å². The summed E-state index contributed by atoms with van der Waals surface area (Å²) in [7, 11) is 0. The molecule has 0 amide bonds. The molecule has 0 aliphatic rings. The third-order valence-electron chi connectivity index (χ3n) is 2.33. The van der Waals surface area contributed by atoms with Crippen LogP contribution in [0.2, 0.25) is 0 Å². The van der Waals surface area contributed by atoms with Gasteiger partial charge in [-0.15, -0.1) is 0 Å². The largest absolute Gasteiger partial charge is 0.361 e. The van der Waals surface area contributed by atoms with Gasteiger partial charge in [-0.2, -0.15) is 0 Å². The molecule has 0 bridgehead atoms. The van der Waals surface area contributed by atoms with Gasteiger partial charge in [0.2, 0.25) is 0 Å². The first-order chi connectivity index (χ1) is 6.72. The van der Waals surface area contributed by atoms with Crippen molar-refractivity contribution < 1.29 is 4.39 Å². The van der Waals surface area contributed by atoms with Crippen molar-refractivity contribution in [2.75, 3.05) is 6.54 Å². The number of aromatic nitrogens is 1. The molecule has 2 rings (SSSR count). The lowest BCUT2D eigenvalue weighted by Crippen LogP contribution is -2.20. The number of hydrogen-bond acceptors (Lipinski definition) is 2. The van der Waals surface area contributed by atoms with Crippen LogP contribution >= 0.6 is 0 Å². The van der Waals surface area contributed by atoms with E-state index >= 15 is 0 Å². The molecule has 0 fully saturated rings. The van der Waals surface area contributed by atoms with E-state index in [2.05, 4.69) is 4.98 Å². The molecule has 0 spiro atoms. The number of benzene rings is 1. The van der Waals surface area contributed by atoms with E-state index in [-0.39, 0.29) is 11.9 Å². The molecular weight excluding hydrogens is 181 g/mol. The highest BCUT2D eigenvalue weighted by Crippen LogP contribution is 2.23. The van der Waals surface area contributed by atoms with E-state index in [0.29, 0.717) is 6.54 Å². The van der Waals surface area contributed by atoms with Crippen molar-refractivity contribution in [3.05, 3.63) is 35.8 Å². The van der Waals surface area contributed by atoms with Crippen LogP contribution in [0.25, 0.3) is 10.9 Å². The molecule has 1 atom stereocenters. The maximum Gasteiger partial charge on any atom is 0.123 e. The van der Waals surface area contributed by atoms with Crippen LogP contribution in [-0.4, -0.2) is 11.5 Å². The Hall–Kier alpha value is -1.39. The topological polar surface area (TPSA) is 67.8 Å². The molecular formula is C10H12FN3. The average molecular weight is 193 g/mol. The van der Waals surface area contributed by atoms with E-state index in [1.165, 1.54) is 12.1 Å². The SMILES string of the molecule is NC[C@H](N)c1c[nH]c2ccc(F)cc12. The van der Waals surface area contributed by atoms with Crippen LogP contribution in [0, 0.1) is 5.82 Å². The summed E-state index contributed by atoms with van der Waals surface area (Å²) >= 11 is 0. The lowest BCUT2D eigenvalue weighted by Gasteiger charge is -2.06. The first kappa shape index (κ1) is 9.18. The molecule has 2 aromatic rings. The van der Waals surface area contributed by atoms with Gasteiger partial charge in [-0.05, 0) is 23.8 Å². The van der Waals surface area contributed by atoms with Gasteiger partial charge in [0.1, 0.15) is 5.82 Å². The van der Waals surface area contributed by atoms with Crippen LogP contribution in [0.1, 0.15) is 11.6 Å². The lowest BCUT2D eigenvalue weighted by atomic mass is 10.1. The number of halogens is 1. The Morgan fingerprint density at radius 2 is 2.21 bits per heavy atom. The van der Waals surface area contributed by atoms with Crippen LogP contribution in [0.15, 0.2) is 24.4 Å². The first-order valence-corrected chi connectivity index (χ1v) is 4.44. The van der Waals surface area contributed by atoms with Gasteiger partial charge in [-0.3, -0.25) is 0 Å². The van der Waals surface area contributed by atoms with E-state index in [9.17, 15) is 4.39 Å². The van der Waals surface area contributed by atoms with Gasteiger partial charge in [0, 0.05) is 29.7 Å². The molecule has 74 valence electrons. The monoisotopic (exact) mass is 193 g/mol. The molecule has 4 heteroatoms. The predicted octanol–water partition coefficient (Wildman–Crippen LogP) is 1.27. The summed E-state index contributed by atoms with van der Waals surface area (Å²) in [4.78, 5) is 3.03. The quantitative estimate of drug-likeness (QED) is 0.672.